The van der Waals surface area contributed by atoms with Gasteiger partial charge in [0.25, 0.3) is 5.91 Å². The van der Waals surface area contributed by atoms with Crippen molar-refractivity contribution in [2.24, 2.45) is 4.99 Å². The molecule has 0 aliphatic heterocycles. The average molecular weight is 354 g/mol. The number of benzene rings is 2. The molecule has 1 aromatic heterocycles. The van der Waals surface area contributed by atoms with Crippen LogP contribution < -0.4 is 4.80 Å². The Balaban J connectivity index is 2.04. The fourth-order valence-electron chi connectivity index (χ4n) is 2.77. The number of para-hydroxylation sites is 1. The van der Waals surface area contributed by atoms with E-state index in [1.807, 2.05) is 38.1 Å². The van der Waals surface area contributed by atoms with E-state index in [0.29, 0.717) is 16.9 Å². The summed E-state index contributed by atoms with van der Waals surface area (Å²) < 4.78 is 16.7. The van der Waals surface area contributed by atoms with Gasteiger partial charge in [-0.2, -0.15) is 4.99 Å². The number of hydrogen-bond donors (Lipinski definition) is 0. The lowest BCUT2D eigenvalue weighted by Crippen LogP contribution is -2.17. The van der Waals surface area contributed by atoms with E-state index in [2.05, 4.69) is 11.6 Å². The third-order valence-electron chi connectivity index (χ3n) is 4.03. The normalized spacial score (nSPS) is 11.9. The highest BCUT2D eigenvalue weighted by atomic mass is 32.1. The number of halogens is 1. The Morgan fingerprint density at radius 3 is 2.88 bits per heavy atom. The zero-order valence-corrected chi connectivity index (χ0v) is 15.1. The van der Waals surface area contributed by atoms with Crippen LogP contribution in [0.1, 0.15) is 16.7 Å². The van der Waals surface area contributed by atoms with Crippen molar-refractivity contribution >= 4 is 27.5 Å². The van der Waals surface area contributed by atoms with Gasteiger partial charge in [-0.3, -0.25) is 4.79 Å². The predicted octanol–water partition coefficient (Wildman–Crippen LogP) is 4.31. The van der Waals surface area contributed by atoms with Gasteiger partial charge in [0.1, 0.15) is 5.82 Å². The first-order chi connectivity index (χ1) is 12.0. The van der Waals surface area contributed by atoms with Gasteiger partial charge in [-0.1, -0.05) is 47.2 Å². The minimum Gasteiger partial charge on any atom is -0.310 e. The highest BCUT2D eigenvalue weighted by Gasteiger charge is 2.11. The minimum absolute atomic E-state index is 0.234. The summed E-state index contributed by atoms with van der Waals surface area (Å²) in [5, 5.41) is 0. The molecule has 0 bridgehead atoms. The topological polar surface area (TPSA) is 34.4 Å². The van der Waals surface area contributed by atoms with Gasteiger partial charge in [-0.05, 0) is 37.1 Å². The third kappa shape index (κ3) is 3.61. The van der Waals surface area contributed by atoms with E-state index >= 15 is 0 Å². The molecule has 1 amide bonds. The van der Waals surface area contributed by atoms with E-state index in [1.54, 1.807) is 16.7 Å². The number of hydrogen-bond acceptors (Lipinski definition) is 2. The molecule has 3 rings (SSSR count). The van der Waals surface area contributed by atoms with Crippen molar-refractivity contribution in [3.63, 3.8) is 0 Å². The van der Waals surface area contributed by atoms with E-state index in [0.717, 1.165) is 21.4 Å². The Morgan fingerprint density at radius 2 is 2.12 bits per heavy atom. The Labute approximate surface area is 149 Å². The number of carbonyl (C=O) groups is 1. The lowest BCUT2D eigenvalue weighted by Gasteiger charge is -2.05. The smallest absolute Gasteiger partial charge is 0.252 e. The van der Waals surface area contributed by atoms with Crippen molar-refractivity contribution < 1.29 is 9.18 Å². The van der Waals surface area contributed by atoms with E-state index in [1.165, 1.54) is 17.4 Å². The zero-order valence-electron chi connectivity index (χ0n) is 14.3. The van der Waals surface area contributed by atoms with Gasteiger partial charge in [0, 0.05) is 6.54 Å². The quantitative estimate of drug-likeness (QED) is 0.643. The molecule has 0 fully saturated rings. The second kappa shape index (κ2) is 7.15. The molecular formula is C20H19FN2OS. The highest BCUT2D eigenvalue weighted by Crippen LogP contribution is 2.20. The molecule has 0 spiro atoms. The van der Waals surface area contributed by atoms with Gasteiger partial charge in [-0.15, -0.1) is 6.58 Å². The monoisotopic (exact) mass is 354 g/mol. The fourth-order valence-corrected chi connectivity index (χ4v) is 3.84. The zero-order chi connectivity index (χ0) is 18.0. The van der Waals surface area contributed by atoms with Crippen LogP contribution in [0.5, 0.6) is 0 Å². The van der Waals surface area contributed by atoms with Gasteiger partial charge in [0.2, 0.25) is 0 Å². The molecule has 2 aromatic carbocycles. The van der Waals surface area contributed by atoms with Crippen LogP contribution >= 0.6 is 11.3 Å². The maximum atomic E-state index is 14.2. The van der Waals surface area contributed by atoms with Crippen molar-refractivity contribution in [1.29, 1.82) is 0 Å². The SMILES string of the molecule is C=CCn1c(=NC(=O)Cc2cc(C)ccc2C)sc2cccc(F)c21. The second-order valence-corrected chi connectivity index (χ2v) is 6.99. The average Bonchev–Trinajstić information content (AvgIpc) is 2.90. The van der Waals surface area contributed by atoms with Crippen LogP contribution in [0, 0.1) is 19.7 Å². The van der Waals surface area contributed by atoms with Gasteiger partial charge in [-0.25, -0.2) is 4.39 Å². The summed E-state index contributed by atoms with van der Waals surface area (Å²) in [6.45, 7) is 8.09. The molecule has 0 atom stereocenters. The van der Waals surface area contributed by atoms with Crippen molar-refractivity contribution in [3.05, 3.63) is 76.4 Å². The number of rotatable bonds is 4. The van der Waals surface area contributed by atoms with Crippen molar-refractivity contribution in [1.82, 2.24) is 4.57 Å². The van der Waals surface area contributed by atoms with Crippen LogP contribution in [0.3, 0.4) is 0 Å². The number of allylic oxidation sites excluding steroid dienone is 1. The largest absolute Gasteiger partial charge is 0.310 e. The number of amides is 1. The standard InChI is InChI=1S/C20H19FN2OS/c1-4-10-23-19-16(21)6-5-7-17(19)25-20(23)22-18(24)12-15-11-13(2)8-9-14(15)3/h4-9,11H,1,10,12H2,2-3H3. The summed E-state index contributed by atoms with van der Waals surface area (Å²) in [6, 6.07) is 10.9. The number of aromatic nitrogens is 1. The molecule has 25 heavy (non-hydrogen) atoms. The number of fused-ring (bicyclic) bond motifs is 1. The van der Waals surface area contributed by atoms with Crippen LogP contribution in [0.25, 0.3) is 10.2 Å². The first-order valence-electron chi connectivity index (χ1n) is 8.02. The molecule has 1 heterocycles. The van der Waals surface area contributed by atoms with Crippen LogP contribution in [-0.2, 0) is 17.8 Å². The number of thiazole rings is 1. The summed E-state index contributed by atoms with van der Waals surface area (Å²) in [4.78, 5) is 17.2. The Bertz CT molecular complexity index is 1030. The van der Waals surface area contributed by atoms with Crippen molar-refractivity contribution in [3.8, 4) is 0 Å². The molecule has 0 saturated heterocycles. The summed E-state index contributed by atoms with van der Waals surface area (Å²) in [5.41, 5.74) is 3.61. The number of aryl methyl sites for hydroxylation is 2. The molecule has 3 aromatic rings. The molecule has 0 N–H and O–H groups in total. The Hall–Kier alpha value is -2.53. The molecular weight excluding hydrogens is 335 g/mol. The van der Waals surface area contributed by atoms with Crippen molar-refractivity contribution in [2.75, 3.05) is 0 Å². The van der Waals surface area contributed by atoms with Gasteiger partial charge in [0.05, 0.1) is 16.6 Å². The molecule has 0 aliphatic carbocycles. The van der Waals surface area contributed by atoms with E-state index in [-0.39, 0.29) is 18.1 Å². The fraction of sp³-hybridized carbons (Fsp3) is 0.200. The minimum atomic E-state index is -0.320. The summed E-state index contributed by atoms with van der Waals surface area (Å²) >= 11 is 1.31. The maximum absolute atomic E-state index is 14.2. The lowest BCUT2D eigenvalue weighted by atomic mass is 10.0. The van der Waals surface area contributed by atoms with Gasteiger partial charge < -0.3 is 4.57 Å². The van der Waals surface area contributed by atoms with Crippen LogP contribution in [-0.4, -0.2) is 10.5 Å². The van der Waals surface area contributed by atoms with Crippen LogP contribution in [0.15, 0.2) is 54.0 Å². The molecule has 5 heteroatoms. The molecule has 0 aliphatic rings. The lowest BCUT2D eigenvalue weighted by molar-refractivity contribution is -0.117. The van der Waals surface area contributed by atoms with Gasteiger partial charge >= 0.3 is 0 Å². The maximum Gasteiger partial charge on any atom is 0.252 e. The number of carbonyl (C=O) groups excluding carboxylic acids is 1. The predicted molar refractivity (Wildman–Crippen MR) is 100 cm³/mol. The first kappa shape index (κ1) is 17.3. The summed E-state index contributed by atoms with van der Waals surface area (Å²) in [7, 11) is 0. The highest BCUT2D eigenvalue weighted by molar-refractivity contribution is 7.16. The van der Waals surface area contributed by atoms with Crippen LogP contribution in [0.2, 0.25) is 0 Å². The molecule has 128 valence electrons. The molecule has 0 saturated carbocycles. The second-order valence-electron chi connectivity index (χ2n) is 5.98. The Morgan fingerprint density at radius 1 is 1.32 bits per heavy atom. The van der Waals surface area contributed by atoms with Crippen LogP contribution in [0.4, 0.5) is 4.39 Å². The van der Waals surface area contributed by atoms with E-state index in [9.17, 15) is 9.18 Å². The van der Waals surface area contributed by atoms with E-state index in [4.69, 9.17) is 0 Å². The molecule has 3 nitrogen and oxygen atoms in total. The summed E-state index contributed by atoms with van der Waals surface area (Å²) in [6.07, 6.45) is 1.91. The molecule has 0 radical (unpaired) electrons. The van der Waals surface area contributed by atoms with Gasteiger partial charge in [0.15, 0.2) is 4.80 Å². The molecule has 0 unspecified atom stereocenters. The number of nitrogens with zero attached hydrogens (tertiary/aromatic N) is 2. The van der Waals surface area contributed by atoms with E-state index < -0.39 is 0 Å². The summed E-state index contributed by atoms with van der Waals surface area (Å²) in [5.74, 6) is -0.558. The Kier molecular flexibility index (Phi) is 4.95. The van der Waals surface area contributed by atoms with Crippen molar-refractivity contribution in [2.45, 2.75) is 26.8 Å². The third-order valence-corrected chi connectivity index (χ3v) is 5.07. The first-order valence-corrected chi connectivity index (χ1v) is 8.83.